The standard InChI is InChI=1S/C10H22N2/c1-4-7-12(9-5-6-9)10(2,3)8-11/h9H,4-8,11H2,1-3H3. The van der Waals surface area contributed by atoms with Crippen LogP contribution in [0, 0.1) is 0 Å². The first-order valence-electron chi connectivity index (χ1n) is 5.08. The molecule has 0 aromatic rings. The molecule has 0 saturated heterocycles. The van der Waals surface area contributed by atoms with Crippen molar-refractivity contribution >= 4 is 0 Å². The molecule has 1 saturated carbocycles. The molecule has 12 heavy (non-hydrogen) atoms. The number of rotatable bonds is 5. The van der Waals surface area contributed by atoms with Gasteiger partial charge in [0.05, 0.1) is 0 Å². The second kappa shape index (κ2) is 3.75. The van der Waals surface area contributed by atoms with Gasteiger partial charge in [-0.15, -0.1) is 0 Å². The van der Waals surface area contributed by atoms with Crippen molar-refractivity contribution < 1.29 is 0 Å². The van der Waals surface area contributed by atoms with Gasteiger partial charge in [0.25, 0.3) is 0 Å². The Morgan fingerprint density at radius 1 is 1.42 bits per heavy atom. The lowest BCUT2D eigenvalue weighted by Gasteiger charge is -2.37. The molecule has 2 nitrogen and oxygen atoms in total. The molecule has 0 heterocycles. The van der Waals surface area contributed by atoms with Crippen molar-refractivity contribution in [2.75, 3.05) is 13.1 Å². The van der Waals surface area contributed by atoms with Gasteiger partial charge in [-0.05, 0) is 39.7 Å². The zero-order chi connectivity index (χ0) is 9.19. The van der Waals surface area contributed by atoms with Gasteiger partial charge in [0, 0.05) is 18.1 Å². The second-order valence-electron chi connectivity index (χ2n) is 4.44. The summed E-state index contributed by atoms with van der Waals surface area (Å²) in [5, 5.41) is 0. The number of nitrogens with two attached hydrogens (primary N) is 1. The minimum atomic E-state index is 0.206. The third kappa shape index (κ3) is 2.20. The average Bonchev–Trinajstić information content (AvgIpc) is 2.83. The monoisotopic (exact) mass is 170 g/mol. The van der Waals surface area contributed by atoms with E-state index in [0.29, 0.717) is 0 Å². The molecule has 0 bridgehead atoms. The summed E-state index contributed by atoms with van der Waals surface area (Å²) in [6.07, 6.45) is 3.99. The molecule has 0 spiro atoms. The van der Waals surface area contributed by atoms with Crippen molar-refractivity contribution in [3.63, 3.8) is 0 Å². The number of nitrogens with zero attached hydrogens (tertiary/aromatic N) is 1. The Labute approximate surface area is 76.1 Å². The first-order valence-corrected chi connectivity index (χ1v) is 5.08. The molecule has 0 atom stereocenters. The van der Waals surface area contributed by atoms with E-state index in [0.717, 1.165) is 12.6 Å². The Morgan fingerprint density at radius 2 is 2.00 bits per heavy atom. The molecule has 0 radical (unpaired) electrons. The Bertz CT molecular complexity index is 139. The van der Waals surface area contributed by atoms with Gasteiger partial charge >= 0.3 is 0 Å². The summed E-state index contributed by atoms with van der Waals surface area (Å²) < 4.78 is 0. The maximum absolute atomic E-state index is 5.76. The van der Waals surface area contributed by atoms with Gasteiger partial charge in [0.15, 0.2) is 0 Å². The van der Waals surface area contributed by atoms with Gasteiger partial charge in [0.2, 0.25) is 0 Å². The van der Waals surface area contributed by atoms with Crippen LogP contribution in [-0.2, 0) is 0 Å². The SMILES string of the molecule is CCCN(C1CC1)C(C)(C)CN. The molecular formula is C10H22N2. The van der Waals surface area contributed by atoms with E-state index in [1.165, 1.54) is 25.8 Å². The van der Waals surface area contributed by atoms with E-state index in [2.05, 4.69) is 25.7 Å². The van der Waals surface area contributed by atoms with Crippen molar-refractivity contribution in [1.82, 2.24) is 4.90 Å². The van der Waals surface area contributed by atoms with E-state index in [9.17, 15) is 0 Å². The van der Waals surface area contributed by atoms with Crippen LogP contribution in [0.25, 0.3) is 0 Å². The molecule has 1 aliphatic carbocycles. The molecule has 2 N–H and O–H groups in total. The smallest absolute Gasteiger partial charge is 0.0278 e. The summed E-state index contributed by atoms with van der Waals surface area (Å²) in [6, 6.07) is 0.837. The Morgan fingerprint density at radius 3 is 2.33 bits per heavy atom. The van der Waals surface area contributed by atoms with Crippen molar-refractivity contribution in [1.29, 1.82) is 0 Å². The summed E-state index contributed by atoms with van der Waals surface area (Å²) in [6.45, 7) is 8.71. The molecule has 0 unspecified atom stereocenters. The van der Waals surface area contributed by atoms with Gasteiger partial charge < -0.3 is 5.73 Å². The largest absolute Gasteiger partial charge is 0.329 e. The quantitative estimate of drug-likeness (QED) is 0.679. The van der Waals surface area contributed by atoms with Crippen LogP contribution in [0.4, 0.5) is 0 Å². The van der Waals surface area contributed by atoms with Crippen LogP contribution >= 0.6 is 0 Å². The Balaban J connectivity index is 2.50. The molecule has 1 aliphatic rings. The Kier molecular flexibility index (Phi) is 3.13. The molecular weight excluding hydrogens is 148 g/mol. The maximum Gasteiger partial charge on any atom is 0.0278 e. The highest BCUT2D eigenvalue weighted by Crippen LogP contribution is 2.32. The van der Waals surface area contributed by atoms with E-state index < -0.39 is 0 Å². The third-order valence-electron chi connectivity index (χ3n) is 2.73. The van der Waals surface area contributed by atoms with E-state index in [1.807, 2.05) is 0 Å². The van der Waals surface area contributed by atoms with Crippen molar-refractivity contribution in [2.24, 2.45) is 5.73 Å². The lowest BCUT2D eigenvalue weighted by molar-refractivity contribution is 0.117. The fraction of sp³-hybridized carbons (Fsp3) is 1.00. The van der Waals surface area contributed by atoms with E-state index in [-0.39, 0.29) is 5.54 Å². The number of hydrogen-bond acceptors (Lipinski definition) is 2. The maximum atomic E-state index is 5.76. The first-order chi connectivity index (χ1) is 5.61. The summed E-state index contributed by atoms with van der Waals surface area (Å²) in [4.78, 5) is 2.58. The number of hydrogen-bond donors (Lipinski definition) is 1. The van der Waals surface area contributed by atoms with Gasteiger partial charge in [-0.2, -0.15) is 0 Å². The van der Waals surface area contributed by atoms with Crippen LogP contribution < -0.4 is 5.73 Å². The predicted molar refractivity (Wildman–Crippen MR) is 53.2 cm³/mol. The molecule has 0 aromatic carbocycles. The van der Waals surface area contributed by atoms with Crippen LogP contribution in [0.5, 0.6) is 0 Å². The normalized spacial score (nSPS) is 18.8. The fourth-order valence-corrected chi connectivity index (χ4v) is 1.72. The second-order valence-corrected chi connectivity index (χ2v) is 4.44. The third-order valence-corrected chi connectivity index (χ3v) is 2.73. The highest BCUT2D eigenvalue weighted by atomic mass is 15.2. The summed E-state index contributed by atoms with van der Waals surface area (Å²) in [5.74, 6) is 0. The topological polar surface area (TPSA) is 29.3 Å². The van der Waals surface area contributed by atoms with Gasteiger partial charge in [-0.3, -0.25) is 4.90 Å². The van der Waals surface area contributed by atoms with Crippen molar-refractivity contribution in [3.05, 3.63) is 0 Å². The lowest BCUT2D eigenvalue weighted by atomic mass is 10.0. The highest BCUT2D eigenvalue weighted by molar-refractivity contribution is 4.93. The van der Waals surface area contributed by atoms with E-state index in [4.69, 9.17) is 5.73 Å². The van der Waals surface area contributed by atoms with Crippen LogP contribution in [0.15, 0.2) is 0 Å². The van der Waals surface area contributed by atoms with Crippen LogP contribution in [0.3, 0.4) is 0 Å². The molecule has 1 rings (SSSR count). The molecule has 0 aliphatic heterocycles. The van der Waals surface area contributed by atoms with Crippen molar-refractivity contribution in [2.45, 2.75) is 51.6 Å². The summed E-state index contributed by atoms with van der Waals surface area (Å²) >= 11 is 0. The highest BCUT2D eigenvalue weighted by Gasteiger charge is 2.36. The van der Waals surface area contributed by atoms with Crippen LogP contribution in [0.1, 0.15) is 40.0 Å². The predicted octanol–water partition coefficient (Wildman–Crippen LogP) is 1.60. The lowest BCUT2D eigenvalue weighted by Crippen LogP contribution is -2.50. The summed E-state index contributed by atoms with van der Waals surface area (Å²) in [5.41, 5.74) is 5.97. The first kappa shape index (κ1) is 10.0. The minimum absolute atomic E-state index is 0.206. The zero-order valence-electron chi connectivity index (χ0n) is 8.64. The van der Waals surface area contributed by atoms with E-state index >= 15 is 0 Å². The minimum Gasteiger partial charge on any atom is -0.329 e. The van der Waals surface area contributed by atoms with Gasteiger partial charge in [-0.25, -0.2) is 0 Å². The fourth-order valence-electron chi connectivity index (χ4n) is 1.72. The molecule has 1 fully saturated rings. The molecule has 2 heteroatoms. The Hall–Kier alpha value is -0.0800. The molecule has 0 amide bonds. The summed E-state index contributed by atoms with van der Waals surface area (Å²) in [7, 11) is 0. The average molecular weight is 170 g/mol. The molecule has 72 valence electrons. The molecule has 0 aromatic heterocycles. The van der Waals surface area contributed by atoms with Crippen LogP contribution in [0.2, 0.25) is 0 Å². The zero-order valence-corrected chi connectivity index (χ0v) is 8.64. The van der Waals surface area contributed by atoms with Gasteiger partial charge in [-0.1, -0.05) is 6.92 Å². The van der Waals surface area contributed by atoms with Gasteiger partial charge in [0.1, 0.15) is 0 Å². The van der Waals surface area contributed by atoms with Crippen molar-refractivity contribution in [3.8, 4) is 0 Å². The van der Waals surface area contributed by atoms with Crippen LogP contribution in [-0.4, -0.2) is 29.6 Å². The van der Waals surface area contributed by atoms with E-state index in [1.54, 1.807) is 0 Å².